The number of non-ortho nitro benzene ring substituents is 1. The van der Waals surface area contributed by atoms with E-state index < -0.39 is 28.6 Å². The van der Waals surface area contributed by atoms with Crippen molar-refractivity contribution in [2.24, 2.45) is 11.8 Å². The van der Waals surface area contributed by atoms with E-state index in [1.54, 1.807) is 12.2 Å². The molecule has 8 heteroatoms. The van der Waals surface area contributed by atoms with Gasteiger partial charge in [-0.2, -0.15) is 0 Å². The van der Waals surface area contributed by atoms with Crippen molar-refractivity contribution in [3.05, 3.63) is 45.5 Å². The average Bonchev–Trinajstić information content (AvgIpc) is 2.49. The van der Waals surface area contributed by atoms with E-state index in [1.807, 2.05) is 0 Å². The topological polar surface area (TPSA) is 112 Å². The van der Waals surface area contributed by atoms with Crippen LogP contribution in [0, 0.1) is 22.0 Å². The van der Waals surface area contributed by atoms with E-state index in [0.29, 0.717) is 0 Å². The lowest BCUT2D eigenvalue weighted by molar-refractivity contribution is -0.384. The molecule has 0 spiro atoms. The maximum Gasteiger partial charge on any atom is 0.271 e. The average molecular weight is 324 g/mol. The molecular formula is C14H12ClN2O5-. The van der Waals surface area contributed by atoms with Gasteiger partial charge < -0.3 is 15.2 Å². The van der Waals surface area contributed by atoms with Crippen LogP contribution >= 0.6 is 11.6 Å². The molecule has 1 amide bonds. The van der Waals surface area contributed by atoms with Gasteiger partial charge in [-0.25, -0.2) is 0 Å². The standard InChI is InChI=1S/C14H13ClN2O5/c15-11-6-5-8(17(21)22)7-12(11)16-13(18)9-3-1-2-4-10(9)14(19)20/h1-2,5-7,9-10H,3-4H2,(H,16,18)(H,19,20)/p-1/t9-,10-/m1/s1. The Hall–Kier alpha value is -2.41. The van der Waals surface area contributed by atoms with E-state index in [2.05, 4.69) is 5.32 Å². The second-order valence-electron chi connectivity index (χ2n) is 4.89. The number of amides is 1. The van der Waals surface area contributed by atoms with Crippen LogP contribution in [0.5, 0.6) is 0 Å². The molecule has 7 nitrogen and oxygen atoms in total. The second-order valence-corrected chi connectivity index (χ2v) is 5.29. The summed E-state index contributed by atoms with van der Waals surface area (Å²) >= 11 is 5.90. The van der Waals surface area contributed by atoms with Crippen LogP contribution in [-0.4, -0.2) is 16.8 Å². The molecule has 22 heavy (non-hydrogen) atoms. The number of anilines is 1. The zero-order valence-corrected chi connectivity index (χ0v) is 12.1. The Morgan fingerprint density at radius 2 is 1.86 bits per heavy atom. The van der Waals surface area contributed by atoms with Crippen molar-refractivity contribution >= 4 is 34.9 Å². The van der Waals surface area contributed by atoms with E-state index in [0.717, 1.165) is 6.07 Å². The van der Waals surface area contributed by atoms with Crippen LogP contribution in [0.1, 0.15) is 12.8 Å². The zero-order chi connectivity index (χ0) is 16.3. The SMILES string of the molecule is O=C([O-])[C@@H]1CC=CC[C@H]1C(=O)Nc1cc([N+](=O)[O-])ccc1Cl. The highest BCUT2D eigenvalue weighted by Crippen LogP contribution is 2.30. The molecule has 1 N–H and O–H groups in total. The third-order valence-electron chi connectivity index (χ3n) is 3.49. The minimum Gasteiger partial charge on any atom is -0.550 e. The molecule has 0 unspecified atom stereocenters. The largest absolute Gasteiger partial charge is 0.550 e. The number of benzene rings is 1. The lowest BCUT2D eigenvalue weighted by Gasteiger charge is -2.28. The summed E-state index contributed by atoms with van der Waals surface area (Å²) < 4.78 is 0. The molecule has 0 radical (unpaired) electrons. The molecule has 0 aromatic heterocycles. The lowest BCUT2D eigenvalue weighted by atomic mass is 9.82. The minimum atomic E-state index is -1.30. The van der Waals surface area contributed by atoms with Crippen molar-refractivity contribution in [2.75, 3.05) is 5.32 Å². The molecule has 2 rings (SSSR count). The first-order valence-corrected chi connectivity index (χ1v) is 6.88. The highest BCUT2D eigenvalue weighted by molar-refractivity contribution is 6.33. The third-order valence-corrected chi connectivity index (χ3v) is 3.82. The summed E-state index contributed by atoms with van der Waals surface area (Å²) in [5, 5.41) is 24.4. The van der Waals surface area contributed by atoms with E-state index in [-0.39, 0.29) is 29.2 Å². The summed E-state index contributed by atoms with van der Waals surface area (Å²) in [5.41, 5.74) is -0.146. The molecule has 1 aromatic rings. The fourth-order valence-electron chi connectivity index (χ4n) is 2.31. The van der Waals surface area contributed by atoms with Gasteiger partial charge in [0.05, 0.1) is 21.6 Å². The van der Waals surface area contributed by atoms with Crippen LogP contribution in [0.4, 0.5) is 11.4 Å². The zero-order valence-electron chi connectivity index (χ0n) is 11.3. The summed E-state index contributed by atoms with van der Waals surface area (Å²) in [6, 6.07) is 3.64. The van der Waals surface area contributed by atoms with E-state index >= 15 is 0 Å². The van der Waals surface area contributed by atoms with Crippen LogP contribution < -0.4 is 10.4 Å². The summed E-state index contributed by atoms with van der Waals surface area (Å²) in [4.78, 5) is 33.5. The van der Waals surface area contributed by atoms with Gasteiger partial charge in [-0.3, -0.25) is 14.9 Å². The van der Waals surface area contributed by atoms with Crippen molar-refractivity contribution < 1.29 is 19.6 Å². The molecule has 1 aromatic carbocycles. The van der Waals surface area contributed by atoms with Gasteiger partial charge >= 0.3 is 0 Å². The lowest BCUT2D eigenvalue weighted by Crippen LogP contribution is -2.41. The number of halogens is 1. The fraction of sp³-hybridized carbons (Fsp3) is 0.286. The van der Waals surface area contributed by atoms with Gasteiger partial charge in [0.25, 0.3) is 5.69 Å². The number of nitro benzene ring substituents is 1. The first-order valence-electron chi connectivity index (χ1n) is 6.51. The number of nitrogens with one attached hydrogen (secondary N) is 1. The number of allylic oxidation sites excluding steroid dienone is 2. The van der Waals surface area contributed by atoms with E-state index in [9.17, 15) is 24.8 Å². The second kappa shape index (κ2) is 6.57. The maximum atomic E-state index is 12.3. The van der Waals surface area contributed by atoms with Gasteiger partial charge in [-0.15, -0.1) is 0 Å². The number of carboxylic acid groups (broad SMARTS) is 1. The van der Waals surface area contributed by atoms with Crippen molar-refractivity contribution in [3.63, 3.8) is 0 Å². The quantitative estimate of drug-likeness (QED) is 0.513. The number of nitro groups is 1. The van der Waals surface area contributed by atoms with E-state index in [4.69, 9.17) is 11.6 Å². The highest BCUT2D eigenvalue weighted by Gasteiger charge is 2.30. The van der Waals surface area contributed by atoms with Crippen LogP contribution in [0.15, 0.2) is 30.4 Å². The van der Waals surface area contributed by atoms with Gasteiger partial charge in [0.2, 0.25) is 5.91 Å². The summed E-state index contributed by atoms with van der Waals surface area (Å²) in [6.07, 6.45) is 3.88. The van der Waals surface area contributed by atoms with Crippen LogP contribution in [-0.2, 0) is 9.59 Å². The Morgan fingerprint density at radius 1 is 1.23 bits per heavy atom. The Bertz CT molecular complexity index is 659. The first kappa shape index (κ1) is 16.0. The molecule has 0 heterocycles. The number of carboxylic acids is 1. The third kappa shape index (κ3) is 3.43. The molecule has 0 bridgehead atoms. The number of hydrogen-bond acceptors (Lipinski definition) is 5. The predicted molar refractivity (Wildman–Crippen MR) is 77.1 cm³/mol. The molecular weight excluding hydrogens is 312 g/mol. The molecule has 0 saturated heterocycles. The minimum absolute atomic E-state index is 0.0764. The number of carbonyl (C=O) groups is 2. The van der Waals surface area contributed by atoms with Crippen LogP contribution in [0.3, 0.4) is 0 Å². The molecule has 0 aliphatic heterocycles. The normalized spacial score (nSPS) is 20.4. The molecule has 1 aliphatic rings. The van der Waals surface area contributed by atoms with Gasteiger partial charge in [-0.1, -0.05) is 23.8 Å². The monoisotopic (exact) mass is 323 g/mol. The Kier molecular flexibility index (Phi) is 4.77. The fourth-order valence-corrected chi connectivity index (χ4v) is 2.48. The van der Waals surface area contributed by atoms with Gasteiger partial charge in [0, 0.05) is 24.0 Å². The smallest absolute Gasteiger partial charge is 0.271 e. The van der Waals surface area contributed by atoms with Gasteiger partial charge in [0.1, 0.15) is 0 Å². The van der Waals surface area contributed by atoms with Crippen molar-refractivity contribution in [2.45, 2.75) is 12.8 Å². The molecule has 0 fully saturated rings. The molecule has 2 atom stereocenters. The first-order chi connectivity index (χ1) is 10.4. The Balaban J connectivity index is 2.21. The summed E-state index contributed by atoms with van der Waals surface area (Å²) in [5.74, 6) is -3.58. The highest BCUT2D eigenvalue weighted by atomic mass is 35.5. The Morgan fingerprint density at radius 3 is 2.45 bits per heavy atom. The van der Waals surface area contributed by atoms with Gasteiger partial charge in [0.15, 0.2) is 0 Å². The molecule has 116 valence electrons. The molecule has 1 aliphatic carbocycles. The molecule has 0 saturated carbocycles. The number of nitrogens with zero attached hydrogens (tertiary/aromatic N) is 1. The van der Waals surface area contributed by atoms with Crippen LogP contribution in [0.25, 0.3) is 0 Å². The number of carbonyl (C=O) groups excluding carboxylic acids is 2. The van der Waals surface area contributed by atoms with Crippen molar-refractivity contribution in [3.8, 4) is 0 Å². The Labute approximate surface area is 130 Å². The number of aliphatic carboxylic acids is 1. The van der Waals surface area contributed by atoms with E-state index in [1.165, 1.54) is 12.1 Å². The maximum absolute atomic E-state index is 12.3. The number of rotatable bonds is 4. The van der Waals surface area contributed by atoms with Crippen LogP contribution in [0.2, 0.25) is 5.02 Å². The van der Waals surface area contributed by atoms with Gasteiger partial charge in [-0.05, 0) is 18.9 Å². The van der Waals surface area contributed by atoms with Crippen molar-refractivity contribution in [1.82, 2.24) is 0 Å². The predicted octanol–water partition coefficient (Wildman–Crippen LogP) is 1.52. The number of hydrogen-bond donors (Lipinski definition) is 1. The van der Waals surface area contributed by atoms with Crippen molar-refractivity contribution in [1.29, 1.82) is 0 Å². The summed E-state index contributed by atoms with van der Waals surface area (Å²) in [7, 11) is 0. The summed E-state index contributed by atoms with van der Waals surface area (Å²) in [6.45, 7) is 0.